The smallest absolute Gasteiger partial charge is 0.222 e. The lowest BCUT2D eigenvalue weighted by atomic mass is 10.0. The second-order valence-electron chi connectivity index (χ2n) is 6.26. The predicted octanol–water partition coefficient (Wildman–Crippen LogP) is 2.80. The van der Waals surface area contributed by atoms with Crippen LogP contribution in [0.25, 0.3) is 5.82 Å². The lowest BCUT2D eigenvalue weighted by Gasteiger charge is -2.18. The molecule has 2 heterocycles. The molecule has 2 amide bonds. The van der Waals surface area contributed by atoms with Crippen LogP contribution in [-0.4, -0.2) is 26.6 Å². The standard InChI is InChI=1S/C20H20ClN5O2/c1-14(27)25-18(16-3-5-17(21)6-4-16)12-20(28)23-13-15-7-9-22-19(11-15)26-10-2-8-24-26/h2-11,18H,12-13H2,1H3,(H,23,28)(H,25,27). The first-order valence-electron chi connectivity index (χ1n) is 8.75. The average Bonchev–Trinajstić information content (AvgIpc) is 3.21. The largest absolute Gasteiger partial charge is 0.352 e. The Labute approximate surface area is 167 Å². The summed E-state index contributed by atoms with van der Waals surface area (Å²) in [6.07, 6.45) is 5.27. The van der Waals surface area contributed by atoms with E-state index in [1.807, 2.05) is 18.2 Å². The summed E-state index contributed by atoms with van der Waals surface area (Å²) >= 11 is 5.92. The molecule has 2 aromatic heterocycles. The quantitative estimate of drug-likeness (QED) is 0.641. The van der Waals surface area contributed by atoms with E-state index in [9.17, 15) is 9.59 Å². The minimum absolute atomic E-state index is 0.123. The minimum atomic E-state index is -0.424. The number of carbonyl (C=O) groups excluding carboxylic acids is 2. The van der Waals surface area contributed by atoms with Crippen LogP contribution in [0.1, 0.15) is 30.5 Å². The zero-order valence-electron chi connectivity index (χ0n) is 15.3. The molecule has 28 heavy (non-hydrogen) atoms. The number of pyridine rings is 1. The first-order valence-corrected chi connectivity index (χ1v) is 9.13. The zero-order chi connectivity index (χ0) is 19.9. The molecular formula is C20H20ClN5O2. The van der Waals surface area contributed by atoms with E-state index in [2.05, 4.69) is 20.7 Å². The fourth-order valence-electron chi connectivity index (χ4n) is 2.75. The highest BCUT2D eigenvalue weighted by Crippen LogP contribution is 2.19. The van der Waals surface area contributed by atoms with Crippen LogP contribution < -0.4 is 10.6 Å². The molecule has 0 bridgehead atoms. The normalized spacial score (nSPS) is 11.6. The SMILES string of the molecule is CC(=O)NC(CC(=O)NCc1ccnc(-n2cccn2)c1)c1ccc(Cl)cc1. The second kappa shape index (κ2) is 9.14. The fraction of sp³-hybridized carbons (Fsp3) is 0.200. The van der Waals surface area contributed by atoms with E-state index < -0.39 is 6.04 Å². The molecule has 0 aliphatic carbocycles. The molecule has 0 aliphatic heterocycles. The van der Waals surface area contributed by atoms with Gasteiger partial charge in [-0.05, 0) is 41.5 Å². The Kier molecular flexibility index (Phi) is 6.39. The van der Waals surface area contributed by atoms with Gasteiger partial charge >= 0.3 is 0 Å². The van der Waals surface area contributed by atoms with Crippen molar-refractivity contribution in [3.8, 4) is 5.82 Å². The molecule has 1 unspecified atom stereocenters. The predicted molar refractivity (Wildman–Crippen MR) is 106 cm³/mol. The number of benzene rings is 1. The molecule has 0 fully saturated rings. The molecular weight excluding hydrogens is 378 g/mol. The summed E-state index contributed by atoms with van der Waals surface area (Å²) < 4.78 is 1.65. The van der Waals surface area contributed by atoms with E-state index in [4.69, 9.17) is 11.6 Å². The number of carbonyl (C=O) groups is 2. The van der Waals surface area contributed by atoms with Gasteiger partial charge in [0.25, 0.3) is 0 Å². The van der Waals surface area contributed by atoms with Gasteiger partial charge in [-0.15, -0.1) is 0 Å². The maximum atomic E-state index is 12.4. The third-order valence-corrected chi connectivity index (χ3v) is 4.33. The van der Waals surface area contributed by atoms with E-state index in [0.29, 0.717) is 17.4 Å². The van der Waals surface area contributed by atoms with Crippen LogP contribution in [0.4, 0.5) is 0 Å². The Morgan fingerprint density at radius 3 is 2.64 bits per heavy atom. The first kappa shape index (κ1) is 19.6. The third kappa shape index (κ3) is 5.40. The van der Waals surface area contributed by atoms with Gasteiger partial charge in [-0.1, -0.05) is 23.7 Å². The van der Waals surface area contributed by atoms with E-state index in [1.165, 1.54) is 6.92 Å². The number of nitrogens with one attached hydrogen (secondary N) is 2. The monoisotopic (exact) mass is 397 g/mol. The second-order valence-corrected chi connectivity index (χ2v) is 6.69. The van der Waals surface area contributed by atoms with Crippen LogP contribution in [0.3, 0.4) is 0 Å². The van der Waals surface area contributed by atoms with Crippen molar-refractivity contribution in [1.82, 2.24) is 25.4 Å². The van der Waals surface area contributed by atoms with Crippen molar-refractivity contribution in [2.24, 2.45) is 0 Å². The molecule has 3 rings (SSSR count). The molecule has 8 heteroatoms. The molecule has 2 N–H and O–H groups in total. The Balaban J connectivity index is 1.62. The van der Waals surface area contributed by atoms with Gasteiger partial charge in [0.2, 0.25) is 11.8 Å². The van der Waals surface area contributed by atoms with Crippen LogP contribution in [0, 0.1) is 0 Å². The third-order valence-electron chi connectivity index (χ3n) is 4.08. The number of amides is 2. The van der Waals surface area contributed by atoms with Gasteiger partial charge in [0.05, 0.1) is 12.5 Å². The number of aromatic nitrogens is 3. The molecule has 3 aromatic rings. The van der Waals surface area contributed by atoms with E-state index >= 15 is 0 Å². The minimum Gasteiger partial charge on any atom is -0.352 e. The highest BCUT2D eigenvalue weighted by molar-refractivity contribution is 6.30. The number of rotatable bonds is 7. The number of halogens is 1. The summed E-state index contributed by atoms with van der Waals surface area (Å²) in [5.41, 5.74) is 1.72. The van der Waals surface area contributed by atoms with Crippen molar-refractivity contribution in [3.63, 3.8) is 0 Å². The summed E-state index contributed by atoms with van der Waals surface area (Å²) in [6.45, 7) is 1.78. The van der Waals surface area contributed by atoms with Gasteiger partial charge in [-0.3, -0.25) is 9.59 Å². The molecule has 0 radical (unpaired) electrons. The lowest BCUT2D eigenvalue weighted by Crippen LogP contribution is -2.32. The number of hydrogen-bond acceptors (Lipinski definition) is 4. The summed E-state index contributed by atoms with van der Waals surface area (Å²) in [5.74, 6) is 0.297. The fourth-order valence-corrected chi connectivity index (χ4v) is 2.88. The van der Waals surface area contributed by atoms with Crippen molar-refractivity contribution in [3.05, 3.63) is 77.2 Å². The highest BCUT2D eigenvalue weighted by Gasteiger charge is 2.17. The topological polar surface area (TPSA) is 88.9 Å². The van der Waals surface area contributed by atoms with E-state index in [0.717, 1.165) is 11.1 Å². The van der Waals surface area contributed by atoms with Crippen LogP contribution in [0.15, 0.2) is 61.1 Å². The van der Waals surface area contributed by atoms with Crippen molar-refractivity contribution in [1.29, 1.82) is 0 Å². The summed E-state index contributed by atoms with van der Waals surface area (Å²) in [4.78, 5) is 28.2. The lowest BCUT2D eigenvalue weighted by molar-refractivity contribution is -0.122. The molecule has 1 aromatic carbocycles. The average molecular weight is 398 g/mol. The molecule has 0 spiro atoms. The Hall–Kier alpha value is -3.19. The first-order chi connectivity index (χ1) is 13.5. The number of hydrogen-bond donors (Lipinski definition) is 2. The molecule has 1 atom stereocenters. The molecule has 0 aliphatic rings. The maximum Gasteiger partial charge on any atom is 0.222 e. The Bertz CT molecular complexity index is 941. The molecule has 7 nitrogen and oxygen atoms in total. The van der Waals surface area contributed by atoms with Gasteiger partial charge in [-0.2, -0.15) is 5.10 Å². The van der Waals surface area contributed by atoms with Crippen LogP contribution >= 0.6 is 11.6 Å². The van der Waals surface area contributed by atoms with E-state index in [1.54, 1.807) is 47.5 Å². The van der Waals surface area contributed by atoms with Crippen molar-refractivity contribution < 1.29 is 9.59 Å². The Morgan fingerprint density at radius 1 is 1.18 bits per heavy atom. The van der Waals surface area contributed by atoms with Crippen LogP contribution in [-0.2, 0) is 16.1 Å². The van der Waals surface area contributed by atoms with Gasteiger partial charge in [0.15, 0.2) is 5.82 Å². The van der Waals surface area contributed by atoms with Crippen molar-refractivity contribution in [2.75, 3.05) is 0 Å². The van der Waals surface area contributed by atoms with Gasteiger partial charge in [0, 0.05) is 37.1 Å². The summed E-state index contributed by atoms with van der Waals surface area (Å²) in [5, 5.41) is 10.4. The van der Waals surface area contributed by atoms with Crippen LogP contribution in [0.5, 0.6) is 0 Å². The molecule has 0 saturated carbocycles. The highest BCUT2D eigenvalue weighted by atomic mass is 35.5. The van der Waals surface area contributed by atoms with Crippen molar-refractivity contribution in [2.45, 2.75) is 25.9 Å². The van der Waals surface area contributed by atoms with Gasteiger partial charge < -0.3 is 10.6 Å². The van der Waals surface area contributed by atoms with E-state index in [-0.39, 0.29) is 18.2 Å². The number of nitrogens with zero attached hydrogens (tertiary/aromatic N) is 3. The summed E-state index contributed by atoms with van der Waals surface area (Å²) in [7, 11) is 0. The maximum absolute atomic E-state index is 12.4. The zero-order valence-corrected chi connectivity index (χ0v) is 16.1. The van der Waals surface area contributed by atoms with Gasteiger partial charge in [0.1, 0.15) is 0 Å². The molecule has 144 valence electrons. The Morgan fingerprint density at radius 2 is 1.96 bits per heavy atom. The van der Waals surface area contributed by atoms with Gasteiger partial charge in [-0.25, -0.2) is 9.67 Å². The molecule has 0 saturated heterocycles. The van der Waals surface area contributed by atoms with Crippen molar-refractivity contribution >= 4 is 23.4 Å². The van der Waals surface area contributed by atoms with Crippen LogP contribution in [0.2, 0.25) is 5.02 Å². The summed E-state index contributed by atoms with van der Waals surface area (Å²) in [6, 6.07) is 12.1.